The van der Waals surface area contributed by atoms with Gasteiger partial charge in [0.05, 0.1) is 0 Å². The van der Waals surface area contributed by atoms with Crippen molar-refractivity contribution in [2.75, 3.05) is 80.5 Å². The van der Waals surface area contributed by atoms with Crippen molar-refractivity contribution in [3.8, 4) is 0 Å². The predicted octanol–water partition coefficient (Wildman–Crippen LogP) is 1.78. The zero-order valence-corrected chi connectivity index (χ0v) is 15.4. The summed E-state index contributed by atoms with van der Waals surface area (Å²) in [6.45, 7) is 18.1. The van der Waals surface area contributed by atoms with Crippen LogP contribution in [0, 0.1) is 0 Å². The SMILES string of the molecule is CCN(C)CCN(C)CC.CCN(C)CCN(C)CC. The zero-order chi connectivity index (χ0) is 16.0. The number of likely N-dealkylation sites (N-methyl/N-ethyl adjacent to an activating group) is 4. The molecule has 0 radical (unpaired) electrons. The molecule has 0 bridgehead atoms. The molecule has 0 rings (SSSR count). The van der Waals surface area contributed by atoms with Crippen LogP contribution in [0.5, 0.6) is 0 Å². The third-order valence-electron chi connectivity index (χ3n) is 3.89. The van der Waals surface area contributed by atoms with Crippen molar-refractivity contribution in [2.45, 2.75) is 27.7 Å². The molecule has 0 saturated carbocycles. The average Bonchev–Trinajstić information content (AvgIpc) is 2.49. The smallest absolute Gasteiger partial charge is 0.0106 e. The Morgan fingerprint density at radius 2 is 0.550 bits per heavy atom. The fraction of sp³-hybridized carbons (Fsp3) is 1.00. The van der Waals surface area contributed by atoms with E-state index >= 15 is 0 Å². The van der Waals surface area contributed by atoms with E-state index in [1.165, 1.54) is 26.2 Å². The topological polar surface area (TPSA) is 13.0 Å². The van der Waals surface area contributed by atoms with Crippen LogP contribution in [-0.4, -0.2) is 100 Å². The van der Waals surface area contributed by atoms with Gasteiger partial charge >= 0.3 is 0 Å². The molecule has 0 amide bonds. The first-order valence-electron chi connectivity index (χ1n) is 8.15. The summed E-state index contributed by atoms with van der Waals surface area (Å²) < 4.78 is 0. The first-order chi connectivity index (χ1) is 9.40. The van der Waals surface area contributed by atoms with Crippen LogP contribution in [-0.2, 0) is 0 Å². The Kier molecular flexibility index (Phi) is 16.9. The Bertz CT molecular complexity index is 147. The van der Waals surface area contributed by atoms with Gasteiger partial charge in [-0.1, -0.05) is 27.7 Å². The first kappa shape index (κ1) is 22.1. The van der Waals surface area contributed by atoms with E-state index in [2.05, 4.69) is 75.5 Å². The molecule has 0 aliphatic heterocycles. The molecule has 0 spiro atoms. The third-order valence-corrected chi connectivity index (χ3v) is 3.89. The summed E-state index contributed by atoms with van der Waals surface area (Å²) in [5.41, 5.74) is 0. The molecule has 0 N–H and O–H groups in total. The van der Waals surface area contributed by atoms with Gasteiger partial charge in [0.15, 0.2) is 0 Å². The minimum atomic E-state index is 1.15. The van der Waals surface area contributed by atoms with E-state index in [1.807, 2.05) is 0 Å². The summed E-state index contributed by atoms with van der Waals surface area (Å²) in [6.07, 6.45) is 0. The molecule has 0 saturated heterocycles. The predicted molar refractivity (Wildman–Crippen MR) is 92.7 cm³/mol. The molecule has 20 heavy (non-hydrogen) atoms. The van der Waals surface area contributed by atoms with Gasteiger partial charge in [-0.25, -0.2) is 0 Å². The summed E-state index contributed by atoms with van der Waals surface area (Å²) in [4.78, 5) is 9.30. The van der Waals surface area contributed by atoms with Gasteiger partial charge in [0.25, 0.3) is 0 Å². The monoisotopic (exact) mass is 288 g/mol. The minimum absolute atomic E-state index is 1.15. The van der Waals surface area contributed by atoms with E-state index in [1.54, 1.807) is 0 Å². The van der Waals surface area contributed by atoms with Gasteiger partial charge in [0, 0.05) is 26.2 Å². The van der Waals surface area contributed by atoms with Crippen LogP contribution in [0.15, 0.2) is 0 Å². The van der Waals surface area contributed by atoms with Crippen molar-refractivity contribution in [3.63, 3.8) is 0 Å². The largest absolute Gasteiger partial charge is 0.305 e. The normalized spacial score (nSPS) is 11.4. The van der Waals surface area contributed by atoms with Crippen molar-refractivity contribution in [1.82, 2.24) is 19.6 Å². The standard InChI is InChI=1S/2C8H20N2/c2*1-5-9(3)7-8-10(4)6-2/h2*5-8H2,1-4H3. The highest BCUT2D eigenvalue weighted by molar-refractivity contribution is 4.53. The molecule has 124 valence electrons. The van der Waals surface area contributed by atoms with Crippen molar-refractivity contribution < 1.29 is 0 Å². The minimum Gasteiger partial charge on any atom is -0.305 e. The molecule has 0 fully saturated rings. The Morgan fingerprint density at radius 3 is 0.650 bits per heavy atom. The van der Waals surface area contributed by atoms with Crippen LogP contribution in [0.1, 0.15) is 27.7 Å². The van der Waals surface area contributed by atoms with Crippen LogP contribution in [0.25, 0.3) is 0 Å². The van der Waals surface area contributed by atoms with Gasteiger partial charge < -0.3 is 19.6 Å². The van der Waals surface area contributed by atoms with E-state index in [0.717, 1.165) is 26.2 Å². The molecule has 0 aromatic rings. The number of hydrogen-bond donors (Lipinski definition) is 0. The first-order valence-corrected chi connectivity index (χ1v) is 8.15. The van der Waals surface area contributed by atoms with Crippen LogP contribution in [0.3, 0.4) is 0 Å². The summed E-state index contributed by atoms with van der Waals surface area (Å²) in [7, 11) is 8.62. The fourth-order valence-corrected chi connectivity index (χ4v) is 1.32. The fourth-order valence-electron chi connectivity index (χ4n) is 1.32. The van der Waals surface area contributed by atoms with Gasteiger partial charge in [-0.2, -0.15) is 0 Å². The molecule has 0 unspecified atom stereocenters. The molecule has 4 heteroatoms. The lowest BCUT2D eigenvalue weighted by molar-refractivity contribution is 0.271. The second kappa shape index (κ2) is 15.2. The van der Waals surface area contributed by atoms with Gasteiger partial charge in [0.2, 0.25) is 0 Å². The Labute approximate surface area is 128 Å². The van der Waals surface area contributed by atoms with Gasteiger partial charge in [0.1, 0.15) is 0 Å². The lowest BCUT2D eigenvalue weighted by Gasteiger charge is -2.18. The molecule has 0 aliphatic carbocycles. The van der Waals surface area contributed by atoms with E-state index < -0.39 is 0 Å². The van der Waals surface area contributed by atoms with Crippen LogP contribution in [0.2, 0.25) is 0 Å². The summed E-state index contributed by atoms with van der Waals surface area (Å²) in [5.74, 6) is 0. The van der Waals surface area contributed by atoms with Gasteiger partial charge in [-0.15, -0.1) is 0 Å². The molecule has 0 aromatic carbocycles. The Morgan fingerprint density at radius 1 is 0.400 bits per heavy atom. The second-order valence-electron chi connectivity index (χ2n) is 5.58. The highest BCUT2D eigenvalue weighted by Gasteiger charge is 1.97. The maximum Gasteiger partial charge on any atom is 0.0106 e. The maximum atomic E-state index is 2.33. The van der Waals surface area contributed by atoms with Gasteiger partial charge in [-0.3, -0.25) is 0 Å². The van der Waals surface area contributed by atoms with Crippen molar-refractivity contribution in [2.24, 2.45) is 0 Å². The molecule has 0 aliphatic rings. The number of nitrogens with zero attached hydrogens (tertiary/aromatic N) is 4. The Balaban J connectivity index is 0. The van der Waals surface area contributed by atoms with E-state index in [0.29, 0.717) is 0 Å². The molecule has 0 aromatic heterocycles. The molecule has 4 nitrogen and oxygen atoms in total. The van der Waals surface area contributed by atoms with Gasteiger partial charge in [-0.05, 0) is 54.4 Å². The maximum absolute atomic E-state index is 2.33. The lowest BCUT2D eigenvalue weighted by atomic mass is 10.5. The van der Waals surface area contributed by atoms with E-state index in [-0.39, 0.29) is 0 Å². The molecular formula is C16H40N4. The van der Waals surface area contributed by atoms with Crippen molar-refractivity contribution >= 4 is 0 Å². The Hall–Kier alpha value is -0.160. The molecular weight excluding hydrogens is 248 g/mol. The van der Waals surface area contributed by atoms with Crippen LogP contribution < -0.4 is 0 Å². The summed E-state index contributed by atoms with van der Waals surface area (Å²) >= 11 is 0. The van der Waals surface area contributed by atoms with Crippen molar-refractivity contribution in [3.05, 3.63) is 0 Å². The zero-order valence-electron chi connectivity index (χ0n) is 15.4. The highest BCUT2D eigenvalue weighted by Crippen LogP contribution is 1.85. The summed E-state index contributed by atoms with van der Waals surface area (Å²) in [6, 6.07) is 0. The molecule has 0 atom stereocenters. The summed E-state index contributed by atoms with van der Waals surface area (Å²) in [5, 5.41) is 0. The molecule has 0 heterocycles. The third kappa shape index (κ3) is 15.9. The lowest BCUT2D eigenvalue weighted by Crippen LogP contribution is -2.30. The highest BCUT2D eigenvalue weighted by atomic mass is 15.2. The van der Waals surface area contributed by atoms with Crippen molar-refractivity contribution in [1.29, 1.82) is 0 Å². The average molecular weight is 289 g/mol. The van der Waals surface area contributed by atoms with E-state index in [4.69, 9.17) is 0 Å². The van der Waals surface area contributed by atoms with Crippen LogP contribution >= 0.6 is 0 Å². The number of rotatable bonds is 10. The van der Waals surface area contributed by atoms with E-state index in [9.17, 15) is 0 Å². The van der Waals surface area contributed by atoms with Crippen LogP contribution in [0.4, 0.5) is 0 Å². The quantitative estimate of drug-likeness (QED) is 0.607. The number of hydrogen-bond acceptors (Lipinski definition) is 4. The second-order valence-corrected chi connectivity index (χ2v) is 5.58.